The van der Waals surface area contributed by atoms with Gasteiger partial charge in [0.15, 0.2) is 0 Å². The average Bonchev–Trinajstić information content (AvgIpc) is 2.84. The number of piperidine rings is 1. The molecular formula is C19H23ClN4. The van der Waals surface area contributed by atoms with Crippen molar-refractivity contribution in [2.24, 2.45) is 11.8 Å². The van der Waals surface area contributed by atoms with Crippen molar-refractivity contribution in [1.29, 1.82) is 5.26 Å². The molecule has 126 valence electrons. The quantitative estimate of drug-likeness (QED) is 0.912. The molecule has 0 amide bonds. The molecule has 0 spiro atoms. The molecule has 1 aliphatic heterocycles. The van der Waals surface area contributed by atoms with Gasteiger partial charge in [0.1, 0.15) is 17.6 Å². The number of benzene rings is 1. The van der Waals surface area contributed by atoms with Crippen molar-refractivity contribution in [3.8, 4) is 6.07 Å². The monoisotopic (exact) mass is 342 g/mol. The van der Waals surface area contributed by atoms with E-state index in [-0.39, 0.29) is 0 Å². The van der Waals surface area contributed by atoms with Gasteiger partial charge in [-0.3, -0.25) is 0 Å². The van der Waals surface area contributed by atoms with Crippen LogP contribution < -0.4 is 10.6 Å². The number of nitrogens with two attached hydrogens (primary N) is 1. The molecule has 0 saturated carbocycles. The Morgan fingerprint density at radius 3 is 2.54 bits per heavy atom. The molecular weight excluding hydrogens is 320 g/mol. The van der Waals surface area contributed by atoms with Crippen LogP contribution in [0.3, 0.4) is 0 Å². The highest BCUT2D eigenvalue weighted by atomic mass is 35.5. The first-order valence-corrected chi connectivity index (χ1v) is 8.74. The SMILES string of the molecule is C[C@H]1C[C@H](C)CN(c2c(N)cc(C#N)n2Cc2ccccc2Cl)C1. The van der Waals surface area contributed by atoms with E-state index < -0.39 is 0 Å². The molecule has 0 radical (unpaired) electrons. The van der Waals surface area contributed by atoms with Crippen molar-refractivity contribution in [2.45, 2.75) is 26.8 Å². The lowest BCUT2D eigenvalue weighted by atomic mass is 9.92. The number of anilines is 2. The van der Waals surface area contributed by atoms with Crippen LogP contribution in [0.2, 0.25) is 5.02 Å². The Morgan fingerprint density at radius 2 is 1.92 bits per heavy atom. The third-order valence-electron chi connectivity index (χ3n) is 4.67. The molecule has 2 heterocycles. The summed E-state index contributed by atoms with van der Waals surface area (Å²) in [5.74, 6) is 2.18. The maximum Gasteiger partial charge on any atom is 0.133 e. The van der Waals surface area contributed by atoms with Crippen molar-refractivity contribution >= 4 is 23.1 Å². The van der Waals surface area contributed by atoms with E-state index in [9.17, 15) is 5.26 Å². The van der Waals surface area contributed by atoms with Crippen LogP contribution in [0, 0.1) is 23.2 Å². The summed E-state index contributed by atoms with van der Waals surface area (Å²) in [6, 6.07) is 11.8. The van der Waals surface area contributed by atoms with Gasteiger partial charge in [-0.15, -0.1) is 0 Å². The van der Waals surface area contributed by atoms with Crippen LogP contribution in [0.4, 0.5) is 11.5 Å². The predicted octanol–water partition coefficient (Wildman–Crippen LogP) is 4.13. The largest absolute Gasteiger partial charge is 0.396 e. The van der Waals surface area contributed by atoms with Gasteiger partial charge in [-0.05, 0) is 36.0 Å². The average molecular weight is 343 g/mol. The van der Waals surface area contributed by atoms with Crippen LogP contribution in [0.1, 0.15) is 31.5 Å². The lowest BCUT2D eigenvalue weighted by Gasteiger charge is -2.37. The second-order valence-electron chi connectivity index (χ2n) is 6.95. The van der Waals surface area contributed by atoms with Gasteiger partial charge >= 0.3 is 0 Å². The molecule has 24 heavy (non-hydrogen) atoms. The van der Waals surface area contributed by atoms with Crippen molar-refractivity contribution in [3.05, 3.63) is 46.6 Å². The molecule has 1 aliphatic rings. The summed E-state index contributed by atoms with van der Waals surface area (Å²) < 4.78 is 2.00. The first kappa shape index (κ1) is 16.7. The van der Waals surface area contributed by atoms with Crippen molar-refractivity contribution in [3.63, 3.8) is 0 Å². The van der Waals surface area contributed by atoms with Crippen LogP contribution >= 0.6 is 11.6 Å². The Labute approximate surface area is 148 Å². The molecule has 3 rings (SSSR count). The Balaban J connectivity index is 2.02. The fourth-order valence-corrected chi connectivity index (χ4v) is 3.99. The second-order valence-corrected chi connectivity index (χ2v) is 7.36. The molecule has 0 aliphatic carbocycles. The van der Waals surface area contributed by atoms with E-state index >= 15 is 0 Å². The van der Waals surface area contributed by atoms with E-state index in [1.807, 2.05) is 28.8 Å². The molecule has 0 unspecified atom stereocenters. The minimum atomic E-state index is 0.550. The standard InChI is InChI=1S/C19H23ClN4/c1-13-7-14(2)11-23(10-13)19-18(22)8-16(9-21)24(19)12-15-5-3-4-6-17(15)20/h3-6,8,13-14H,7,10-12,22H2,1-2H3/t13-,14-/m0/s1. The fraction of sp³-hybridized carbons (Fsp3) is 0.421. The highest BCUT2D eigenvalue weighted by molar-refractivity contribution is 6.31. The van der Waals surface area contributed by atoms with Gasteiger partial charge in [-0.1, -0.05) is 43.6 Å². The van der Waals surface area contributed by atoms with E-state index in [0.29, 0.717) is 34.8 Å². The van der Waals surface area contributed by atoms with E-state index in [2.05, 4.69) is 24.8 Å². The first-order valence-electron chi connectivity index (χ1n) is 8.37. The topological polar surface area (TPSA) is 58.0 Å². The second kappa shape index (κ2) is 6.78. The maximum absolute atomic E-state index is 9.53. The van der Waals surface area contributed by atoms with Gasteiger partial charge < -0.3 is 15.2 Å². The van der Waals surface area contributed by atoms with Gasteiger partial charge in [-0.25, -0.2) is 0 Å². The number of nitrogens with zero attached hydrogens (tertiary/aromatic N) is 3. The summed E-state index contributed by atoms with van der Waals surface area (Å²) in [7, 11) is 0. The van der Waals surface area contributed by atoms with Crippen LogP contribution in [-0.4, -0.2) is 17.7 Å². The number of nitriles is 1. The predicted molar refractivity (Wildman–Crippen MR) is 99.3 cm³/mol. The van der Waals surface area contributed by atoms with E-state index in [4.69, 9.17) is 17.3 Å². The summed E-state index contributed by atoms with van der Waals surface area (Å²) >= 11 is 6.32. The lowest BCUT2D eigenvalue weighted by Crippen LogP contribution is -2.40. The summed E-state index contributed by atoms with van der Waals surface area (Å²) in [6.07, 6.45) is 1.23. The molecule has 1 fully saturated rings. The van der Waals surface area contributed by atoms with Gasteiger partial charge in [0, 0.05) is 18.1 Å². The third kappa shape index (κ3) is 3.22. The van der Waals surface area contributed by atoms with Gasteiger partial charge in [0.25, 0.3) is 0 Å². The Hall–Kier alpha value is -2.12. The minimum absolute atomic E-state index is 0.550. The van der Waals surface area contributed by atoms with Crippen molar-refractivity contribution < 1.29 is 0 Å². The zero-order valence-electron chi connectivity index (χ0n) is 14.2. The lowest BCUT2D eigenvalue weighted by molar-refractivity contribution is 0.353. The maximum atomic E-state index is 9.53. The van der Waals surface area contributed by atoms with E-state index in [1.54, 1.807) is 6.07 Å². The van der Waals surface area contributed by atoms with E-state index in [0.717, 1.165) is 24.5 Å². The van der Waals surface area contributed by atoms with Crippen LogP contribution in [-0.2, 0) is 6.54 Å². The highest BCUT2D eigenvalue weighted by Gasteiger charge is 2.27. The Bertz CT molecular complexity index is 764. The fourth-order valence-electron chi connectivity index (χ4n) is 3.80. The van der Waals surface area contributed by atoms with Crippen LogP contribution in [0.25, 0.3) is 0 Å². The van der Waals surface area contributed by atoms with Crippen molar-refractivity contribution in [2.75, 3.05) is 23.7 Å². The van der Waals surface area contributed by atoms with Crippen molar-refractivity contribution in [1.82, 2.24) is 4.57 Å². The van der Waals surface area contributed by atoms with Crippen LogP contribution in [0.5, 0.6) is 0 Å². The normalized spacial score (nSPS) is 20.8. The number of hydrogen-bond donors (Lipinski definition) is 1. The minimum Gasteiger partial charge on any atom is -0.396 e. The van der Waals surface area contributed by atoms with Crippen LogP contribution in [0.15, 0.2) is 30.3 Å². The molecule has 5 heteroatoms. The number of nitrogen functional groups attached to an aromatic ring is 1. The molecule has 0 bridgehead atoms. The molecule has 2 N–H and O–H groups in total. The smallest absolute Gasteiger partial charge is 0.133 e. The third-order valence-corrected chi connectivity index (χ3v) is 5.03. The summed E-state index contributed by atoms with van der Waals surface area (Å²) in [6.45, 7) is 7.02. The number of hydrogen-bond acceptors (Lipinski definition) is 3. The number of rotatable bonds is 3. The number of aromatic nitrogens is 1. The summed E-state index contributed by atoms with van der Waals surface area (Å²) in [4.78, 5) is 2.33. The van der Waals surface area contributed by atoms with Gasteiger partial charge in [0.05, 0.1) is 12.2 Å². The summed E-state index contributed by atoms with van der Waals surface area (Å²) in [5.41, 5.74) is 8.52. The highest BCUT2D eigenvalue weighted by Crippen LogP contribution is 2.34. The molecule has 1 saturated heterocycles. The molecule has 4 nitrogen and oxygen atoms in total. The molecule has 1 aromatic heterocycles. The number of halogens is 1. The molecule has 1 aromatic carbocycles. The van der Waals surface area contributed by atoms with Gasteiger partial charge in [-0.2, -0.15) is 5.26 Å². The van der Waals surface area contributed by atoms with Gasteiger partial charge in [0.2, 0.25) is 0 Å². The Kier molecular flexibility index (Phi) is 4.73. The summed E-state index contributed by atoms with van der Waals surface area (Å²) in [5, 5.41) is 10.2. The van der Waals surface area contributed by atoms with E-state index in [1.165, 1.54) is 6.42 Å². The molecule has 2 aromatic rings. The Morgan fingerprint density at radius 1 is 1.25 bits per heavy atom. The molecule has 2 atom stereocenters. The first-order chi connectivity index (χ1) is 11.5. The zero-order valence-corrected chi connectivity index (χ0v) is 14.9. The zero-order chi connectivity index (χ0) is 17.3.